The van der Waals surface area contributed by atoms with E-state index in [0.29, 0.717) is 30.9 Å². The molecule has 1 fully saturated rings. The lowest BCUT2D eigenvalue weighted by Gasteiger charge is -2.17. The van der Waals surface area contributed by atoms with Gasteiger partial charge in [0.2, 0.25) is 0 Å². The van der Waals surface area contributed by atoms with Gasteiger partial charge in [0.25, 0.3) is 0 Å². The molecule has 0 radical (unpaired) electrons. The summed E-state index contributed by atoms with van der Waals surface area (Å²) in [5.41, 5.74) is 0.535. The van der Waals surface area contributed by atoms with Crippen LogP contribution in [0, 0.1) is 5.82 Å². The zero-order valence-corrected chi connectivity index (χ0v) is 10.7. The lowest BCUT2D eigenvalue weighted by molar-refractivity contribution is 0.184. The monoisotopic (exact) mass is 268 g/mol. The summed E-state index contributed by atoms with van der Waals surface area (Å²) in [5, 5.41) is 12.3. The van der Waals surface area contributed by atoms with Gasteiger partial charge >= 0.3 is 6.03 Å². The number of nitrogens with one attached hydrogen (secondary N) is 1. The molecule has 5 nitrogen and oxygen atoms in total. The maximum absolute atomic E-state index is 13.2. The van der Waals surface area contributed by atoms with Crippen LogP contribution >= 0.6 is 0 Å². The van der Waals surface area contributed by atoms with E-state index >= 15 is 0 Å². The van der Waals surface area contributed by atoms with Crippen molar-refractivity contribution in [3.8, 4) is 5.75 Å². The van der Waals surface area contributed by atoms with Gasteiger partial charge in [-0.1, -0.05) is 0 Å². The first-order valence-corrected chi connectivity index (χ1v) is 6.21. The summed E-state index contributed by atoms with van der Waals surface area (Å²) in [6, 6.07) is 3.91. The minimum Gasteiger partial charge on any atom is -0.491 e. The molecular weight excluding hydrogens is 251 g/mol. The van der Waals surface area contributed by atoms with Gasteiger partial charge in [-0.25, -0.2) is 9.18 Å². The van der Waals surface area contributed by atoms with Crippen LogP contribution in [0.4, 0.5) is 9.18 Å². The van der Waals surface area contributed by atoms with Gasteiger partial charge in [-0.2, -0.15) is 0 Å². The fourth-order valence-electron chi connectivity index (χ4n) is 1.97. The summed E-state index contributed by atoms with van der Waals surface area (Å²) in [5.74, 6) is -0.104. The van der Waals surface area contributed by atoms with Crippen LogP contribution in [-0.2, 0) is 0 Å². The van der Waals surface area contributed by atoms with Crippen LogP contribution in [0.25, 0.3) is 0 Å². The van der Waals surface area contributed by atoms with Gasteiger partial charge in [-0.3, -0.25) is 0 Å². The third kappa shape index (κ3) is 3.35. The van der Waals surface area contributed by atoms with Crippen LogP contribution in [0.1, 0.15) is 18.6 Å². The minimum absolute atomic E-state index is 0.112. The second kappa shape index (κ2) is 5.88. The highest BCUT2D eigenvalue weighted by Crippen LogP contribution is 2.25. The van der Waals surface area contributed by atoms with Gasteiger partial charge in [0.15, 0.2) is 0 Å². The van der Waals surface area contributed by atoms with Crippen molar-refractivity contribution < 1.29 is 19.0 Å². The second-order valence-electron chi connectivity index (χ2n) is 4.43. The first kappa shape index (κ1) is 13.6. The molecule has 1 atom stereocenters. The fraction of sp³-hybridized carbons (Fsp3) is 0.462. The van der Waals surface area contributed by atoms with Crippen LogP contribution in [0.3, 0.4) is 0 Å². The Balaban J connectivity index is 1.95. The Morgan fingerprint density at radius 1 is 1.58 bits per heavy atom. The average molecular weight is 268 g/mol. The molecule has 1 saturated heterocycles. The number of rotatable bonds is 5. The predicted molar refractivity (Wildman–Crippen MR) is 67.5 cm³/mol. The standard InChI is InChI=1S/C13H17FN2O3/c1-9(17)11-3-2-10(14)8-12(11)19-7-6-16-5-4-15-13(16)18/h2-3,8-9,17H,4-7H2,1H3,(H,15,18)/t9-/m0/s1. The van der Waals surface area contributed by atoms with Crippen molar-refractivity contribution in [3.63, 3.8) is 0 Å². The summed E-state index contributed by atoms with van der Waals surface area (Å²) in [4.78, 5) is 12.9. The molecule has 2 rings (SSSR count). The number of halogens is 1. The van der Waals surface area contributed by atoms with Crippen molar-refractivity contribution in [1.82, 2.24) is 10.2 Å². The van der Waals surface area contributed by atoms with E-state index in [-0.39, 0.29) is 12.6 Å². The van der Waals surface area contributed by atoms with E-state index in [4.69, 9.17) is 4.74 Å². The maximum Gasteiger partial charge on any atom is 0.317 e. The molecular formula is C13H17FN2O3. The molecule has 0 saturated carbocycles. The van der Waals surface area contributed by atoms with Crippen LogP contribution in [0.5, 0.6) is 5.75 Å². The smallest absolute Gasteiger partial charge is 0.317 e. The number of carbonyl (C=O) groups excluding carboxylic acids is 1. The molecule has 6 heteroatoms. The van der Waals surface area contributed by atoms with Crippen molar-refractivity contribution in [1.29, 1.82) is 0 Å². The van der Waals surface area contributed by atoms with Crippen LogP contribution in [-0.4, -0.2) is 42.3 Å². The zero-order valence-electron chi connectivity index (χ0n) is 10.7. The number of benzene rings is 1. The molecule has 1 aromatic carbocycles. The lowest BCUT2D eigenvalue weighted by Crippen LogP contribution is -2.31. The molecule has 0 aromatic heterocycles. The highest BCUT2D eigenvalue weighted by Gasteiger charge is 2.19. The van der Waals surface area contributed by atoms with Crippen LogP contribution < -0.4 is 10.1 Å². The number of amides is 2. The number of hydrogen-bond donors (Lipinski definition) is 2. The second-order valence-corrected chi connectivity index (χ2v) is 4.43. The summed E-state index contributed by atoms with van der Waals surface area (Å²) < 4.78 is 18.6. The van der Waals surface area contributed by atoms with Crippen molar-refractivity contribution in [2.45, 2.75) is 13.0 Å². The molecule has 1 aliphatic rings. The van der Waals surface area contributed by atoms with E-state index < -0.39 is 11.9 Å². The minimum atomic E-state index is -0.731. The van der Waals surface area contributed by atoms with Crippen molar-refractivity contribution in [2.24, 2.45) is 0 Å². The van der Waals surface area contributed by atoms with Gasteiger partial charge in [0.05, 0.1) is 12.6 Å². The predicted octanol–water partition coefficient (Wildman–Crippen LogP) is 1.28. The van der Waals surface area contributed by atoms with E-state index in [9.17, 15) is 14.3 Å². The molecule has 0 bridgehead atoms. The first-order chi connectivity index (χ1) is 9.08. The molecule has 1 heterocycles. The Morgan fingerprint density at radius 3 is 3.00 bits per heavy atom. The summed E-state index contributed by atoms with van der Waals surface area (Å²) >= 11 is 0. The average Bonchev–Trinajstić information content (AvgIpc) is 2.75. The number of urea groups is 1. The lowest BCUT2D eigenvalue weighted by atomic mass is 10.1. The third-order valence-corrected chi connectivity index (χ3v) is 2.99. The zero-order chi connectivity index (χ0) is 13.8. The largest absolute Gasteiger partial charge is 0.491 e. The fourth-order valence-corrected chi connectivity index (χ4v) is 1.97. The topological polar surface area (TPSA) is 61.8 Å². The number of aliphatic hydroxyl groups excluding tert-OH is 1. The van der Waals surface area contributed by atoms with Crippen molar-refractivity contribution >= 4 is 6.03 Å². The van der Waals surface area contributed by atoms with Crippen molar-refractivity contribution in [3.05, 3.63) is 29.6 Å². The number of ether oxygens (including phenoxy) is 1. The normalized spacial score (nSPS) is 16.4. The van der Waals surface area contributed by atoms with Crippen LogP contribution in [0.15, 0.2) is 18.2 Å². The number of aliphatic hydroxyl groups is 1. The molecule has 2 N–H and O–H groups in total. The summed E-state index contributed by atoms with van der Waals surface area (Å²) in [7, 11) is 0. The van der Waals surface area contributed by atoms with Crippen LogP contribution in [0.2, 0.25) is 0 Å². The Labute approximate surface area is 111 Å². The molecule has 1 aliphatic heterocycles. The van der Waals surface area contributed by atoms with E-state index in [1.54, 1.807) is 11.8 Å². The Kier molecular flexibility index (Phi) is 4.21. The van der Waals surface area contributed by atoms with Gasteiger partial charge in [0, 0.05) is 24.7 Å². The third-order valence-electron chi connectivity index (χ3n) is 2.99. The van der Waals surface area contributed by atoms with E-state index in [2.05, 4.69) is 5.32 Å². The SMILES string of the molecule is C[C@H](O)c1ccc(F)cc1OCCN1CCNC1=O. The van der Waals surface area contributed by atoms with Gasteiger partial charge in [-0.15, -0.1) is 0 Å². The summed E-state index contributed by atoms with van der Waals surface area (Å²) in [6.07, 6.45) is -0.731. The Hall–Kier alpha value is -1.82. The molecule has 0 aliphatic carbocycles. The Bertz CT molecular complexity index is 465. The summed E-state index contributed by atoms with van der Waals surface area (Å²) in [6.45, 7) is 3.57. The Morgan fingerprint density at radius 2 is 2.37 bits per heavy atom. The molecule has 0 unspecified atom stereocenters. The molecule has 19 heavy (non-hydrogen) atoms. The first-order valence-electron chi connectivity index (χ1n) is 6.21. The molecule has 1 aromatic rings. The van der Waals surface area contributed by atoms with Gasteiger partial charge < -0.3 is 20.1 Å². The molecule has 2 amide bonds. The number of carbonyl (C=O) groups is 1. The van der Waals surface area contributed by atoms with Crippen molar-refractivity contribution in [2.75, 3.05) is 26.2 Å². The molecule has 0 spiro atoms. The van der Waals surface area contributed by atoms with E-state index in [1.165, 1.54) is 18.2 Å². The highest BCUT2D eigenvalue weighted by molar-refractivity contribution is 5.76. The molecule has 104 valence electrons. The van der Waals surface area contributed by atoms with E-state index in [1.807, 2.05) is 0 Å². The quantitative estimate of drug-likeness (QED) is 0.845. The van der Waals surface area contributed by atoms with E-state index in [0.717, 1.165) is 0 Å². The highest BCUT2D eigenvalue weighted by atomic mass is 19.1. The van der Waals surface area contributed by atoms with Gasteiger partial charge in [0.1, 0.15) is 18.2 Å². The number of nitrogens with zero attached hydrogens (tertiary/aromatic N) is 1. The van der Waals surface area contributed by atoms with Gasteiger partial charge in [-0.05, 0) is 19.1 Å². The maximum atomic E-state index is 13.2. The number of hydrogen-bond acceptors (Lipinski definition) is 3.